The summed E-state index contributed by atoms with van der Waals surface area (Å²) >= 11 is 0. The van der Waals surface area contributed by atoms with Crippen LogP contribution in [0.25, 0.3) is 0 Å². The molecule has 0 fully saturated rings. The van der Waals surface area contributed by atoms with Crippen molar-refractivity contribution in [3.8, 4) is 0 Å². The zero-order valence-corrected chi connectivity index (χ0v) is 14.4. The molecule has 2 amide bonds. The van der Waals surface area contributed by atoms with Crippen molar-refractivity contribution >= 4 is 17.6 Å². The number of amides is 2. The maximum atomic E-state index is 12.0. The first kappa shape index (κ1) is 18.9. The average molecular weight is 318 g/mol. The first-order chi connectivity index (χ1) is 10.7. The molecule has 126 valence electrons. The van der Waals surface area contributed by atoms with E-state index in [9.17, 15) is 14.4 Å². The highest BCUT2D eigenvalue weighted by Crippen LogP contribution is 2.22. The summed E-state index contributed by atoms with van der Waals surface area (Å²) in [5, 5.41) is 5.42. The molecule has 1 aromatic carbocycles. The lowest BCUT2D eigenvalue weighted by atomic mass is 9.87. The SMILES string of the molecule is CC(=O)CCC(=O)NCCNC(=O)c1ccc(C(C)(C)C)cc1. The largest absolute Gasteiger partial charge is 0.354 e. The van der Waals surface area contributed by atoms with Crippen LogP contribution < -0.4 is 10.6 Å². The lowest BCUT2D eigenvalue weighted by Gasteiger charge is -2.19. The molecule has 23 heavy (non-hydrogen) atoms. The van der Waals surface area contributed by atoms with E-state index in [1.807, 2.05) is 12.1 Å². The molecule has 1 rings (SSSR count). The summed E-state index contributed by atoms with van der Waals surface area (Å²) in [4.78, 5) is 34.2. The summed E-state index contributed by atoms with van der Waals surface area (Å²) in [6, 6.07) is 7.53. The molecule has 0 saturated carbocycles. The van der Waals surface area contributed by atoms with Crippen LogP contribution in [0, 0.1) is 0 Å². The molecule has 0 atom stereocenters. The molecule has 5 heteroatoms. The van der Waals surface area contributed by atoms with Gasteiger partial charge in [0, 0.05) is 31.5 Å². The van der Waals surface area contributed by atoms with Crippen molar-refractivity contribution < 1.29 is 14.4 Å². The summed E-state index contributed by atoms with van der Waals surface area (Å²) in [5.74, 6) is -0.348. The van der Waals surface area contributed by atoms with Gasteiger partial charge in [-0.05, 0) is 30.0 Å². The first-order valence-electron chi connectivity index (χ1n) is 7.85. The Morgan fingerprint density at radius 3 is 2.00 bits per heavy atom. The second-order valence-electron chi connectivity index (χ2n) is 6.64. The predicted molar refractivity (Wildman–Crippen MR) is 90.4 cm³/mol. The van der Waals surface area contributed by atoms with Crippen molar-refractivity contribution in [1.29, 1.82) is 0 Å². The fourth-order valence-electron chi connectivity index (χ4n) is 1.98. The van der Waals surface area contributed by atoms with E-state index in [4.69, 9.17) is 0 Å². The van der Waals surface area contributed by atoms with Gasteiger partial charge >= 0.3 is 0 Å². The Hall–Kier alpha value is -2.17. The maximum absolute atomic E-state index is 12.0. The summed E-state index contributed by atoms with van der Waals surface area (Å²) in [5.41, 5.74) is 1.83. The monoisotopic (exact) mass is 318 g/mol. The van der Waals surface area contributed by atoms with E-state index >= 15 is 0 Å². The van der Waals surface area contributed by atoms with Crippen molar-refractivity contribution in [3.05, 3.63) is 35.4 Å². The minimum absolute atomic E-state index is 0.00726. The standard InChI is InChI=1S/C18H26N2O3/c1-13(21)5-10-16(22)19-11-12-20-17(23)14-6-8-15(9-7-14)18(2,3)4/h6-9H,5,10-12H2,1-4H3,(H,19,22)(H,20,23). The Labute approximate surface area is 137 Å². The number of hydrogen-bond donors (Lipinski definition) is 2. The van der Waals surface area contributed by atoms with Gasteiger partial charge in [0.05, 0.1) is 0 Å². The third-order valence-electron chi connectivity index (χ3n) is 3.45. The quantitative estimate of drug-likeness (QED) is 0.757. The normalized spacial score (nSPS) is 11.0. The Bertz CT molecular complexity index is 557. The van der Waals surface area contributed by atoms with Gasteiger partial charge in [-0.3, -0.25) is 9.59 Å². The van der Waals surface area contributed by atoms with Crippen LogP contribution in [0.3, 0.4) is 0 Å². The zero-order valence-electron chi connectivity index (χ0n) is 14.4. The summed E-state index contributed by atoms with van der Waals surface area (Å²) in [7, 11) is 0. The fraction of sp³-hybridized carbons (Fsp3) is 0.500. The van der Waals surface area contributed by atoms with Crippen molar-refractivity contribution in [2.45, 2.75) is 46.0 Å². The van der Waals surface area contributed by atoms with Crippen LogP contribution in [-0.2, 0) is 15.0 Å². The smallest absolute Gasteiger partial charge is 0.251 e. The van der Waals surface area contributed by atoms with E-state index in [0.29, 0.717) is 18.7 Å². The molecule has 5 nitrogen and oxygen atoms in total. The molecular weight excluding hydrogens is 292 g/mol. The van der Waals surface area contributed by atoms with Crippen LogP contribution in [0.2, 0.25) is 0 Å². The Balaban J connectivity index is 2.34. The number of hydrogen-bond acceptors (Lipinski definition) is 3. The number of rotatable bonds is 7. The Morgan fingerprint density at radius 1 is 0.913 bits per heavy atom. The summed E-state index contributed by atoms with van der Waals surface area (Å²) in [6.45, 7) is 8.53. The van der Waals surface area contributed by atoms with Gasteiger partial charge in [-0.1, -0.05) is 32.9 Å². The molecule has 0 radical (unpaired) electrons. The number of ketones is 1. The number of carbonyl (C=O) groups excluding carboxylic acids is 3. The van der Waals surface area contributed by atoms with Crippen LogP contribution in [-0.4, -0.2) is 30.7 Å². The van der Waals surface area contributed by atoms with Crippen LogP contribution in [0.15, 0.2) is 24.3 Å². The second kappa shape index (κ2) is 8.46. The highest BCUT2D eigenvalue weighted by Gasteiger charge is 2.14. The van der Waals surface area contributed by atoms with Gasteiger partial charge in [-0.2, -0.15) is 0 Å². The number of Topliss-reactive ketones (excluding diaryl/α,β-unsaturated/α-hetero) is 1. The van der Waals surface area contributed by atoms with Crippen LogP contribution >= 0.6 is 0 Å². The molecule has 0 unspecified atom stereocenters. The molecule has 0 saturated heterocycles. The van der Waals surface area contributed by atoms with Gasteiger partial charge in [-0.25, -0.2) is 0 Å². The third kappa shape index (κ3) is 7.08. The van der Waals surface area contributed by atoms with E-state index in [1.165, 1.54) is 12.5 Å². The second-order valence-corrected chi connectivity index (χ2v) is 6.64. The molecule has 0 bridgehead atoms. The van der Waals surface area contributed by atoms with E-state index in [0.717, 1.165) is 0 Å². The topological polar surface area (TPSA) is 75.3 Å². The first-order valence-corrected chi connectivity index (χ1v) is 7.85. The lowest BCUT2D eigenvalue weighted by Crippen LogP contribution is -2.34. The molecule has 0 aliphatic heterocycles. The highest BCUT2D eigenvalue weighted by atomic mass is 16.2. The number of benzene rings is 1. The minimum atomic E-state index is -0.177. The van der Waals surface area contributed by atoms with Crippen LogP contribution in [0.4, 0.5) is 0 Å². The number of carbonyl (C=O) groups is 3. The summed E-state index contributed by atoms with van der Waals surface area (Å²) < 4.78 is 0. The third-order valence-corrected chi connectivity index (χ3v) is 3.45. The molecule has 1 aromatic rings. The van der Waals surface area contributed by atoms with Crippen LogP contribution in [0.1, 0.15) is 56.5 Å². The molecule has 2 N–H and O–H groups in total. The van der Waals surface area contributed by atoms with E-state index in [1.54, 1.807) is 12.1 Å². The molecule has 0 aliphatic carbocycles. The van der Waals surface area contributed by atoms with Crippen molar-refractivity contribution in [3.63, 3.8) is 0 Å². The van der Waals surface area contributed by atoms with E-state index in [2.05, 4.69) is 31.4 Å². The molecule has 0 aliphatic rings. The van der Waals surface area contributed by atoms with Crippen molar-refractivity contribution in [2.75, 3.05) is 13.1 Å². The molecule has 0 aromatic heterocycles. The van der Waals surface area contributed by atoms with E-state index in [-0.39, 0.29) is 35.9 Å². The molecular formula is C18H26N2O3. The van der Waals surface area contributed by atoms with Gasteiger partial charge in [0.15, 0.2) is 0 Å². The van der Waals surface area contributed by atoms with Crippen molar-refractivity contribution in [1.82, 2.24) is 10.6 Å². The van der Waals surface area contributed by atoms with Gasteiger partial charge in [-0.15, -0.1) is 0 Å². The number of nitrogens with one attached hydrogen (secondary N) is 2. The average Bonchev–Trinajstić information content (AvgIpc) is 2.48. The van der Waals surface area contributed by atoms with Gasteiger partial charge in [0.2, 0.25) is 5.91 Å². The van der Waals surface area contributed by atoms with Gasteiger partial charge in [0.1, 0.15) is 5.78 Å². The molecule has 0 heterocycles. The van der Waals surface area contributed by atoms with Crippen molar-refractivity contribution in [2.24, 2.45) is 0 Å². The van der Waals surface area contributed by atoms with Gasteiger partial charge < -0.3 is 15.4 Å². The minimum Gasteiger partial charge on any atom is -0.354 e. The Morgan fingerprint density at radius 2 is 1.48 bits per heavy atom. The summed E-state index contributed by atoms with van der Waals surface area (Å²) in [6.07, 6.45) is 0.440. The maximum Gasteiger partial charge on any atom is 0.251 e. The zero-order chi connectivity index (χ0) is 17.5. The highest BCUT2D eigenvalue weighted by molar-refractivity contribution is 5.94. The van der Waals surface area contributed by atoms with E-state index < -0.39 is 0 Å². The predicted octanol–water partition coefficient (Wildman–Crippen LogP) is 2.20. The molecule has 0 spiro atoms. The van der Waals surface area contributed by atoms with Crippen LogP contribution in [0.5, 0.6) is 0 Å². The fourth-order valence-corrected chi connectivity index (χ4v) is 1.98. The van der Waals surface area contributed by atoms with Gasteiger partial charge in [0.25, 0.3) is 5.91 Å². The lowest BCUT2D eigenvalue weighted by molar-refractivity contribution is -0.124. The Kier molecular flexibility index (Phi) is 6.94.